The van der Waals surface area contributed by atoms with E-state index in [9.17, 15) is 14.7 Å². The van der Waals surface area contributed by atoms with Gasteiger partial charge in [0.1, 0.15) is 12.1 Å². The lowest BCUT2D eigenvalue weighted by Gasteiger charge is -2.34. The normalized spacial score (nSPS) is 15.9. The number of hydrogen-bond acceptors (Lipinski definition) is 5. The highest BCUT2D eigenvalue weighted by molar-refractivity contribution is 5.89. The Labute approximate surface area is 167 Å². The Hall–Kier alpha value is -3.42. The summed E-state index contributed by atoms with van der Waals surface area (Å²) in [6, 6.07) is 6.99. The summed E-state index contributed by atoms with van der Waals surface area (Å²) in [7, 11) is 0. The van der Waals surface area contributed by atoms with Gasteiger partial charge in [0.05, 0.1) is 17.8 Å². The second kappa shape index (κ2) is 7.54. The van der Waals surface area contributed by atoms with E-state index in [1.54, 1.807) is 24.3 Å². The molecular formula is C21H22N4O4. The van der Waals surface area contributed by atoms with Crippen LogP contribution in [0.5, 0.6) is 11.6 Å². The van der Waals surface area contributed by atoms with Crippen molar-refractivity contribution in [3.63, 3.8) is 0 Å². The lowest BCUT2D eigenvalue weighted by atomic mass is 9.99. The highest BCUT2D eigenvalue weighted by Crippen LogP contribution is 2.32. The van der Waals surface area contributed by atoms with Gasteiger partial charge in [0.2, 0.25) is 11.8 Å². The SMILES string of the molecule is CCCC(=O)N1Cc2ncnc(Oc3ccc4c(ccn4C(=O)O)c3)c2C[C@@H]1C. The van der Waals surface area contributed by atoms with Crippen molar-refractivity contribution in [2.75, 3.05) is 0 Å². The van der Waals surface area contributed by atoms with Crippen LogP contribution in [0.3, 0.4) is 0 Å². The first kappa shape index (κ1) is 18.9. The Morgan fingerprint density at radius 2 is 2.10 bits per heavy atom. The van der Waals surface area contributed by atoms with E-state index in [0.717, 1.165) is 27.6 Å². The average Bonchev–Trinajstić information content (AvgIpc) is 3.12. The summed E-state index contributed by atoms with van der Waals surface area (Å²) in [5.41, 5.74) is 2.30. The minimum atomic E-state index is -1.03. The molecule has 150 valence electrons. The molecule has 8 nitrogen and oxygen atoms in total. The molecule has 4 rings (SSSR count). The molecule has 1 aromatic carbocycles. The topological polar surface area (TPSA) is 97.6 Å². The zero-order valence-corrected chi connectivity index (χ0v) is 16.3. The number of rotatable bonds is 4. The smallest absolute Gasteiger partial charge is 0.415 e. The van der Waals surface area contributed by atoms with E-state index >= 15 is 0 Å². The molecule has 0 saturated heterocycles. The molecule has 0 aliphatic carbocycles. The summed E-state index contributed by atoms with van der Waals surface area (Å²) >= 11 is 0. The Morgan fingerprint density at radius 1 is 1.28 bits per heavy atom. The maximum Gasteiger partial charge on any atom is 0.415 e. The van der Waals surface area contributed by atoms with Gasteiger partial charge < -0.3 is 14.7 Å². The monoisotopic (exact) mass is 394 g/mol. The van der Waals surface area contributed by atoms with Gasteiger partial charge in [-0.05, 0) is 44.0 Å². The van der Waals surface area contributed by atoms with E-state index in [0.29, 0.717) is 36.5 Å². The van der Waals surface area contributed by atoms with Gasteiger partial charge in [-0.1, -0.05) is 6.92 Å². The first-order valence-electron chi connectivity index (χ1n) is 9.62. The summed E-state index contributed by atoms with van der Waals surface area (Å²) in [6.45, 7) is 4.47. The molecule has 0 bridgehead atoms. The molecule has 0 radical (unpaired) electrons. The first-order chi connectivity index (χ1) is 14.0. The molecule has 0 fully saturated rings. The van der Waals surface area contributed by atoms with Crippen LogP contribution in [0.15, 0.2) is 36.8 Å². The number of benzene rings is 1. The third-order valence-electron chi connectivity index (χ3n) is 5.21. The number of ether oxygens (including phenoxy) is 1. The van der Waals surface area contributed by atoms with Crippen LogP contribution in [-0.2, 0) is 17.8 Å². The minimum Gasteiger partial charge on any atom is -0.464 e. The minimum absolute atomic E-state index is 0.0435. The maximum absolute atomic E-state index is 12.4. The van der Waals surface area contributed by atoms with Crippen molar-refractivity contribution in [1.82, 2.24) is 19.4 Å². The van der Waals surface area contributed by atoms with Gasteiger partial charge in [-0.15, -0.1) is 0 Å². The fourth-order valence-corrected chi connectivity index (χ4v) is 3.74. The number of carboxylic acid groups (broad SMARTS) is 1. The van der Waals surface area contributed by atoms with Gasteiger partial charge in [-0.2, -0.15) is 0 Å². The zero-order chi connectivity index (χ0) is 20.5. The Kier molecular flexibility index (Phi) is 4.92. The molecule has 0 saturated carbocycles. The van der Waals surface area contributed by atoms with Crippen LogP contribution in [0, 0.1) is 0 Å². The third kappa shape index (κ3) is 3.53. The summed E-state index contributed by atoms with van der Waals surface area (Å²) in [6.07, 6.45) is 3.90. The summed E-state index contributed by atoms with van der Waals surface area (Å²) in [5, 5.41) is 9.98. The Bertz CT molecular complexity index is 1090. The maximum atomic E-state index is 12.4. The summed E-state index contributed by atoms with van der Waals surface area (Å²) < 4.78 is 7.20. The standard InChI is InChI=1S/C21H22N4O4/c1-3-4-19(26)25-11-17-16(9-13(25)2)20(23-12-22-17)29-15-5-6-18-14(10-15)7-8-24(18)21(27)28/h5-8,10,12-13H,3-4,9,11H2,1-2H3,(H,27,28)/t13-/m0/s1. The highest BCUT2D eigenvalue weighted by Gasteiger charge is 2.30. The van der Waals surface area contributed by atoms with E-state index in [-0.39, 0.29) is 11.9 Å². The van der Waals surface area contributed by atoms with Crippen molar-refractivity contribution in [3.05, 3.63) is 48.0 Å². The second-order valence-corrected chi connectivity index (χ2v) is 7.22. The largest absolute Gasteiger partial charge is 0.464 e. The molecule has 3 heterocycles. The van der Waals surface area contributed by atoms with Crippen molar-refractivity contribution in [3.8, 4) is 11.6 Å². The number of aromatic nitrogens is 3. The predicted molar refractivity (Wildman–Crippen MR) is 106 cm³/mol. The van der Waals surface area contributed by atoms with Gasteiger partial charge >= 0.3 is 6.09 Å². The number of hydrogen-bond donors (Lipinski definition) is 1. The fraction of sp³-hybridized carbons (Fsp3) is 0.333. The van der Waals surface area contributed by atoms with Crippen LogP contribution in [0.4, 0.5) is 4.79 Å². The molecule has 1 aliphatic rings. The van der Waals surface area contributed by atoms with Crippen LogP contribution in [0.2, 0.25) is 0 Å². The van der Waals surface area contributed by atoms with E-state index in [1.165, 1.54) is 12.5 Å². The van der Waals surface area contributed by atoms with Gasteiger partial charge in [-0.3, -0.25) is 9.36 Å². The van der Waals surface area contributed by atoms with E-state index < -0.39 is 6.09 Å². The Morgan fingerprint density at radius 3 is 2.86 bits per heavy atom. The average molecular weight is 394 g/mol. The molecule has 3 aromatic rings. The number of carbonyl (C=O) groups is 2. The molecule has 29 heavy (non-hydrogen) atoms. The molecule has 0 unspecified atom stereocenters. The molecule has 1 N–H and O–H groups in total. The second-order valence-electron chi connectivity index (χ2n) is 7.22. The molecule has 1 amide bonds. The van der Waals surface area contributed by atoms with E-state index in [1.807, 2.05) is 18.7 Å². The van der Waals surface area contributed by atoms with Crippen molar-refractivity contribution in [2.24, 2.45) is 0 Å². The molecule has 1 aliphatic heterocycles. The number of fused-ring (bicyclic) bond motifs is 2. The van der Waals surface area contributed by atoms with Crippen LogP contribution in [0.25, 0.3) is 10.9 Å². The number of nitrogens with zero attached hydrogens (tertiary/aromatic N) is 4. The van der Waals surface area contributed by atoms with Crippen LogP contribution < -0.4 is 4.74 Å². The van der Waals surface area contributed by atoms with Gasteiger partial charge in [-0.25, -0.2) is 14.8 Å². The van der Waals surface area contributed by atoms with Crippen molar-refractivity contribution < 1.29 is 19.4 Å². The van der Waals surface area contributed by atoms with Crippen LogP contribution in [-0.4, -0.2) is 42.6 Å². The zero-order valence-electron chi connectivity index (χ0n) is 16.3. The van der Waals surface area contributed by atoms with Crippen molar-refractivity contribution in [2.45, 2.75) is 45.7 Å². The lowest BCUT2D eigenvalue weighted by molar-refractivity contribution is -0.134. The van der Waals surface area contributed by atoms with Gasteiger partial charge in [0, 0.05) is 29.6 Å². The van der Waals surface area contributed by atoms with Gasteiger partial charge in [0.25, 0.3) is 0 Å². The van der Waals surface area contributed by atoms with Crippen LogP contribution in [0.1, 0.15) is 37.9 Å². The van der Waals surface area contributed by atoms with Crippen LogP contribution >= 0.6 is 0 Å². The molecule has 1 atom stereocenters. The quantitative estimate of drug-likeness (QED) is 0.722. The summed E-state index contributed by atoms with van der Waals surface area (Å²) in [4.78, 5) is 34.2. The van der Waals surface area contributed by atoms with Crippen molar-refractivity contribution >= 4 is 22.9 Å². The Balaban J connectivity index is 1.61. The molecule has 2 aromatic heterocycles. The predicted octanol–water partition coefficient (Wildman–Crippen LogP) is 3.82. The summed E-state index contributed by atoms with van der Waals surface area (Å²) in [5.74, 6) is 1.18. The molecule has 0 spiro atoms. The highest BCUT2D eigenvalue weighted by atomic mass is 16.5. The number of amides is 1. The van der Waals surface area contributed by atoms with E-state index in [2.05, 4.69) is 9.97 Å². The molecular weight excluding hydrogens is 372 g/mol. The van der Waals surface area contributed by atoms with Gasteiger partial charge in [0.15, 0.2) is 0 Å². The van der Waals surface area contributed by atoms with E-state index in [4.69, 9.17) is 4.74 Å². The third-order valence-corrected chi connectivity index (χ3v) is 5.21. The van der Waals surface area contributed by atoms with Crippen molar-refractivity contribution in [1.29, 1.82) is 0 Å². The first-order valence-corrected chi connectivity index (χ1v) is 9.62. The number of carbonyl (C=O) groups excluding carboxylic acids is 1. The fourth-order valence-electron chi connectivity index (χ4n) is 3.74. The molecule has 8 heteroatoms. The lowest BCUT2D eigenvalue weighted by Crippen LogP contribution is -2.43.